The Hall–Kier alpha value is -1.49. The molecule has 0 bridgehead atoms. The Bertz CT molecular complexity index is 379. The second kappa shape index (κ2) is 3.94. The smallest absolute Gasteiger partial charge is 0.222 e. The van der Waals surface area contributed by atoms with Crippen molar-refractivity contribution in [2.75, 3.05) is 13.1 Å². The number of carbonyl (C=O) groups is 1. The Morgan fingerprint density at radius 3 is 3.07 bits per heavy atom. The van der Waals surface area contributed by atoms with Crippen LogP contribution in [0, 0.1) is 12.8 Å². The zero-order chi connectivity index (χ0) is 10.8. The fourth-order valence-electron chi connectivity index (χ4n) is 1.97. The number of nitrogens with one attached hydrogen (secondary N) is 1. The van der Waals surface area contributed by atoms with Crippen LogP contribution in [0.25, 0.3) is 0 Å². The van der Waals surface area contributed by atoms with Crippen LogP contribution in [0.3, 0.4) is 0 Å². The first-order valence-electron chi connectivity index (χ1n) is 4.98. The molecule has 3 N–H and O–H groups in total. The molecule has 1 aromatic rings. The van der Waals surface area contributed by atoms with Gasteiger partial charge in [-0.2, -0.15) is 0 Å². The van der Waals surface area contributed by atoms with Gasteiger partial charge >= 0.3 is 0 Å². The molecule has 0 aromatic carbocycles. The van der Waals surface area contributed by atoms with Crippen LogP contribution in [0.15, 0.2) is 12.3 Å². The lowest BCUT2D eigenvalue weighted by Crippen LogP contribution is -2.28. The molecule has 2 atom stereocenters. The summed E-state index contributed by atoms with van der Waals surface area (Å²) in [5, 5.41) is 3.16. The maximum Gasteiger partial charge on any atom is 0.222 e. The first-order valence-corrected chi connectivity index (χ1v) is 4.98. The molecule has 1 aliphatic heterocycles. The number of nitrogens with two attached hydrogens (primary N) is 1. The maximum absolute atomic E-state index is 11.2. The van der Waals surface area contributed by atoms with Gasteiger partial charge in [-0.3, -0.25) is 4.79 Å². The van der Waals surface area contributed by atoms with Crippen molar-refractivity contribution in [3.05, 3.63) is 23.8 Å². The average Bonchev–Trinajstić information content (AvgIpc) is 2.65. The molecule has 2 rings (SSSR count). The number of amides is 1. The first kappa shape index (κ1) is 10.0. The van der Waals surface area contributed by atoms with E-state index in [-0.39, 0.29) is 17.7 Å². The van der Waals surface area contributed by atoms with Gasteiger partial charge in [0, 0.05) is 30.9 Å². The van der Waals surface area contributed by atoms with Gasteiger partial charge in [-0.1, -0.05) is 0 Å². The van der Waals surface area contributed by atoms with E-state index in [9.17, 15) is 4.79 Å². The third-order valence-corrected chi connectivity index (χ3v) is 2.76. The molecule has 0 radical (unpaired) electrons. The van der Waals surface area contributed by atoms with Gasteiger partial charge in [-0.15, -0.1) is 0 Å². The van der Waals surface area contributed by atoms with Crippen LogP contribution in [0.2, 0.25) is 0 Å². The molecular formula is C10H14N4O. The van der Waals surface area contributed by atoms with E-state index in [2.05, 4.69) is 15.3 Å². The summed E-state index contributed by atoms with van der Waals surface area (Å²) in [6, 6.07) is 1.85. The van der Waals surface area contributed by atoms with Crippen LogP contribution < -0.4 is 11.1 Å². The van der Waals surface area contributed by atoms with Crippen molar-refractivity contribution in [2.45, 2.75) is 12.8 Å². The molecule has 2 unspecified atom stereocenters. The molecular weight excluding hydrogens is 192 g/mol. The minimum atomic E-state index is -0.263. The highest BCUT2D eigenvalue weighted by atomic mass is 16.1. The van der Waals surface area contributed by atoms with E-state index >= 15 is 0 Å². The summed E-state index contributed by atoms with van der Waals surface area (Å²) in [4.78, 5) is 19.6. The Kier molecular flexibility index (Phi) is 2.64. The highest BCUT2D eigenvalue weighted by Crippen LogP contribution is 2.26. The number of nitrogens with zero attached hydrogens (tertiary/aromatic N) is 2. The first-order chi connectivity index (χ1) is 7.18. The Labute approximate surface area is 88.1 Å². The second-order valence-electron chi connectivity index (χ2n) is 3.80. The summed E-state index contributed by atoms with van der Waals surface area (Å²) >= 11 is 0. The summed E-state index contributed by atoms with van der Waals surface area (Å²) in [5.74, 6) is 0.396. The molecule has 0 spiro atoms. The van der Waals surface area contributed by atoms with Gasteiger partial charge < -0.3 is 11.1 Å². The van der Waals surface area contributed by atoms with Crippen molar-refractivity contribution in [3.63, 3.8) is 0 Å². The lowest BCUT2D eigenvalue weighted by Gasteiger charge is -2.14. The number of aryl methyl sites for hydroxylation is 1. The molecule has 80 valence electrons. The third kappa shape index (κ3) is 1.97. The van der Waals surface area contributed by atoms with E-state index in [1.807, 2.05) is 13.0 Å². The van der Waals surface area contributed by atoms with Crippen LogP contribution in [0.1, 0.15) is 17.4 Å². The van der Waals surface area contributed by atoms with E-state index < -0.39 is 0 Å². The van der Waals surface area contributed by atoms with Gasteiger partial charge in [0.15, 0.2) is 0 Å². The zero-order valence-corrected chi connectivity index (χ0v) is 8.60. The normalized spacial score (nSPS) is 25.4. The van der Waals surface area contributed by atoms with Crippen molar-refractivity contribution >= 4 is 5.91 Å². The molecule has 0 saturated carbocycles. The molecule has 1 aliphatic rings. The van der Waals surface area contributed by atoms with Crippen molar-refractivity contribution in [3.8, 4) is 0 Å². The van der Waals surface area contributed by atoms with Gasteiger partial charge in [0.2, 0.25) is 5.91 Å². The number of primary amides is 1. The Morgan fingerprint density at radius 1 is 1.60 bits per heavy atom. The maximum atomic E-state index is 11.2. The van der Waals surface area contributed by atoms with E-state index in [1.54, 1.807) is 6.20 Å². The van der Waals surface area contributed by atoms with Crippen LogP contribution in [0.4, 0.5) is 0 Å². The van der Waals surface area contributed by atoms with E-state index in [0.717, 1.165) is 18.1 Å². The van der Waals surface area contributed by atoms with E-state index in [4.69, 9.17) is 5.73 Å². The molecule has 1 saturated heterocycles. The Balaban J connectivity index is 2.26. The molecule has 15 heavy (non-hydrogen) atoms. The van der Waals surface area contributed by atoms with E-state index in [0.29, 0.717) is 6.54 Å². The van der Waals surface area contributed by atoms with Gasteiger partial charge in [0.05, 0.1) is 5.92 Å². The van der Waals surface area contributed by atoms with Crippen molar-refractivity contribution in [2.24, 2.45) is 11.7 Å². The number of carbonyl (C=O) groups excluding carboxylic acids is 1. The lowest BCUT2D eigenvalue weighted by atomic mass is 9.92. The van der Waals surface area contributed by atoms with Gasteiger partial charge in [-0.05, 0) is 13.0 Å². The SMILES string of the molecule is Cc1nccc(C2CNCC2C(N)=O)n1. The fourth-order valence-corrected chi connectivity index (χ4v) is 1.97. The second-order valence-corrected chi connectivity index (χ2v) is 3.80. The predicted octanol–water partition coefficient (Wildman–Crippen LogP) is -0.427. The number of rotatable bonds is 2. The predicted molar refractivity (Wildman–Crippen MR) is 55.1 cm³/mol. The van der Waals surface area contributed by atoms with Crippen LogP contribution in [-0.2, 0) is 4.79 Å². The number of hydrogen-bond donors (Lipinski definition) is 2. The molecule has 5 nitrogen and oxygen atoms in total. The highest BCUT2D eigenvalue weighted by Gasteiger charge is 2.33. The van der Waals surface area contributed by atoms with Crippen molar-refractivity contribution in [1.82, 2.24) is 15.3 Å². The number of aromatic nitrogens is 2. The molecule has 5 heteroatoms. The van der Waals surface area contributed by atoms with Gasteiger partial charge in [0.1, 0.15) is 5.82 Å². The molecule has 1 amide bonds. The standard InChI is InChI=1S/C10H14N4O/c1-6-13-3-2-9(14-6)7-4-12-5-8(7)10(11)15/h2-3,7-8,12H,4-5H2,1H3,(H2,11,15). The highest BCUT2D eigenvalue weighted by molar-refractivity contribution is 5.78. The van der Waals surface area contributed by atoms with E-state index in [1.165, 1.54) is 0 Å². The topological polar surface area (TPSA) is 80.9 Å². The molecule has 1 aromatic heterocycles. The summed E-state index contributed by atoms with van der Waals surface area (Å²) in [6.07, 6.45) is 1.72. The lowest BCUT2D eigenvalue weighted by molar-refractivity contribution is -0.121. The summed E-state index contributed by atoms with van der Waals surface area (Å²) in [6.45, 7) is 3.23. The third-order valence-electron chi connectivity index (χ3n) is 2.76. The fraction of sp³-hybridized carbons (Fsp3) is 0.500. The Morgan fingerprint density at radius 2 is 2.40 bits per heavy atom. The van der Waals surface area contributed by atoms with Crippen LogP contribution in [-0.4, -0.2) is 29.0 Å². The summed E-state index contributed by atoms with van der Waals surface area (Å²) < 4.78 is 0. The quantitative estimate of drug-likeness (QED) is 0.688. The monoisotopic (exact) mass is 206 g/mol. The van der Waals surface area contributed by atoms with Crippen molar-refractivity contribution in [1.29, 1.82) is 0 Å². The van der Waals surface area contributed by atoms with Crippen LogP contribution >= 0.6 is 0 Å². The van der Waals surface area contributed by atoms with Crippen LogP contribution in [0.5, 0.6) is 0 Å². The zero-order valence-electron chi connectivity index (χ0n) is 8.60. The van der Waals surface area contributed by atoms with Gasteiger partial charge in [0.25, 0.3) is 0 Å². The van der Waals surface area contributed by atoms with Crippen molar-refractivity contribution < 1.29 is 4.79 Å². The largest absolute Gasteiger partial charge is 0.369 e. The van der Waals surface area contributed by atoms with Gasteiger partial charge in [-0.25, -0.2) is 9.97 Å². The summed E-state index contributed by atoms with van der Waals surface area (Å²) in [5.41, 5.74) is 6.24. The summed E-state index contributed by atoms with van der Waals surface area (Å²) in [7, 11) is 0. The minimum Gasteiger partial charge on any atom is -0.369 e. The number of hydrogen-bond acceptors (Lipinski definition) is 4. The minimum absolute atomic E-state index is 0.0872. The molecule has 0 aliphatic carbocycles. The average molecular weight is 206 g/mol. The molecule has 2 heterocycles. The molecule has 1 fully saturated rings.